The average Bonchev–Trinajstić information content (AvgIpc) is 3.29. The van der Waals surface area contributed by atoms with Crippen molar-refractivity contribution in [2.75, 3.05) is 7.11 Å². The monoisotopic (exact) mass is 474 g/mol. The van der Waals surface area contributed by atoms with E-state index >= 15 is 0 Å². The van der Waals surface area contributed by atoms with Gasteiger partial charge >= 0.3 is 0 Å². The van der Waals surface area contributed by atoms with Crippen molar-refractivity contribution in [2.45, 2.75) is 25.4 Å². The number of carbonyl (C=O) groups is 1. The molecule has 0 saturated heterocycles. The van der Waals surface area contributed by atoms with Crippen LogP contribution >= 0.6 is 0 Å². The molecule has 0 aliphatic rings. The predicted octanol–water partition coefficient (Wildman–Crippen LogP) is 6.54. The maximum absolute atomic E-state index is 13.2. The minimum absolute atomic E-state index is 0.00893. The SMILES string of the molecule is COc1ccccc1[C@H](CC(=O)NCc1ccccc1)c1cn(Cc2ccccc2)c2ccccc12. The highest BCUT2D eigenvalue weighted by molar-refractivity contribution is 5.87. The van der Waals surface area contributed by atoms with Gasteiger partial charge in [0.25, 0.3) is 0 Å². The fraction of sp³-hybridized carbons (Fsp3) is 0.156. The number of para-hydroxylation sites is 2. The van der Waals surface area contributed by atoms with E-state index in [-0.39, 0.29) is 11.8 Å². The van der Waals surface area contributed by atoms with Gasteiger partial charge in [0, 0.05) is 48.1 Å². The smallest absolute Gasteiger partial charge is 0.221 e. The van der Waals surface area contributed by atoms with Crippen LogP contribution in [0.3, 0.4) is 0 Å². The Bertz CT molecular complexity index is 1440. The molecule has 0 fully saturated rings. The third-order valence-electron chi connectivity index (χ3n) is 6.63. The molecule has 0 aliphatic carbocycles. The van der Waals surface area contributed by atoms with Crippen LogP contribution in [-0.4, -0.2) is 17.6 Å². The fourth-order valence-corrected chi connectivity index (χ4v) is 4.86. The second-order valence-electron chi connectivity index (χ2n) is 8.98. The number of carbonyl (C=O) groups excluding carboxylic acids is 1. The molecule has 5 rings (SSSR count). The minimum atomic E-state index is -0.154. The first-order chi connectivity index (χ1) is 17.7. The first kappa shape index (κ1) is 23.4. The molecule has 0 bridgehead atoms. The summed E-state index contributed by atoms with van der Waals surface area (Å²) in [6.45, 7) is 1.27. The van der Waals surface area contributed by atoms with E-state index in [1.165, 1.54) is 5.56 Å². The molecule has 4 aromatic carbocycles. The van der Waals surface area contributed by atoms with Crippen LogP contribution in [0.25, 0.3) is 10.9 Å². The number of nitrogens with zero attached hydrogens (tertiary/aromatic N) is 1. The molecule has 180 valence electrons. The quantitative estimate of drug-likeness (QED) is 0.264. The zero-order chi connectivity index (χ0) is 24.7. The highest BCUT2D eigenvalue weighted by Gasteiger charge is 2.25. The molecule has 0 unspecified atom stereocenters. The van der Waals surface area contributed by atoms with E-state index in [0.717, 1.165) is 39.9 Å². The van der Waals surface area contributed by atoms with E-state index in [1.54, 1.807) is 7.11 Å². The highest BCUT2D eigenvalue weighted by Crippen LogP contribution is 2.38. The van der Waals surface area contributed by atoms with Crippen LogP contribution in [0.2, 0.25) is 0 Å². The van der Waals surface area contributed by atoms with Gasteiger partial charge in [-0.3, -0.25) is 4.79 Å². The number of nitrogens with one attached hydrogen (secondary N) is 1. The Labute approximate surface area is 212 Å². The topological polar surface area (TPSA) is 43.3 Å². The first-order valence-corrected chi connectivity index (χ1v) is 12.3. The third-order valence-corrected chi connectivity index (χ3v) is 6.63. The van der Waals surface area contributed by atoms with Crippen molar-refractivity contribution < 1.29 is 9.53 Å². The number of aromatic nitrogens is 1. The molecule has 0 aliphatic heterocycles. The number of hydrogen-bond donors (Lipinski definition) is 1. The van der Waals surface area contributed by atoms with Gasteiger partial charge in [-0.2, -0.15) is 0 Å². The summed E-state index contributed by atoms with van der Waals surface area (Å²) < 4.78 is 8.02. The van der Waals surface area contributed by atoms with Gasteiger partial charge < -0.3 is 14.6 Å². The third kappa shape index (κ3) is 5.18. The van der Waals surface area contributed by atoms with Crippen LogP contribution < -0.4 is 10.1 Å². The minimum Gasteiger partial charge on any atom is -0.496 e. The van der Waals surface area contributed by atoms with Crippen LogP contribution in [0.5, 0.6) is 5.75 Å². The molecule has 1 amide bonds. The summed E-state index contributed by atoms with van der Waals surface area (Å²) >= 11 is 0. The zero-order valence-corrected chi connectivity index (χ0v) is 20.4. The van der Waals surface area contributed by atoms with E-state index in [4.69, 9.17) is 4.74 Å². The second kappa shape index (κ2) is 11.0. The summed E-state index contributed by atoms with van der Waals surface area (Å²) in [6.07, 6.45) is 2.53. The van der Waals surface area contributed by atoms with Crippen LogP contribution in [-0.2, 0) is 17.9 Å². The molecule has 0 radical (unpaired) electrons. The number of amides is 1. The lowest BCUT2D eigenvalue weighted by Gasteiger charge is -2.20. The molecular formula is C32H30N2O2. The molecule has 4 heteroatoms. The van der Waals surface area contributed by atoms with Gasteiger partial charge in [-0.15, -0.1) is 0 Å². The summed E-state index contributed by atoms with van der Waals surface area (Å²) in [6, 6.07) is 36.9. The molecule has 0 spiro atoms. The Morgan fingerprint density at radius 1 is 0.778 bits per heavy atom. The lowest BCUT2D eigenvalue weighted by atomic mass is 9.87. The standard InChI is InChI=1S/C32H30N2O2/c1-36-31-19-11-9-17-27(31)28(20-32(35)33-21-24-12-4-2-5-13-24)29-23-34(22-25-14-6-3-7-15-25)30-18-10-8-16-26(29)30/h2-19,23,28H,20-22H2,1H3,(H,33,35)/t28-/m0/s1. The summed E-state index contributed by atoms with van der Waals surface area (Å²) in [7, 11) is 1.68. The zero-order valence-electron chi connectivity index (χ0n) is 20.4. The Morgan fingerprint density at radius 2 is 1.42 bits per heavy atom. The van der Waals surface area contributed by atoms with Gasteiger partial charge in [0.1, 0.15) is 5.75 Å². The van der Waals surface area contributed by atoms with E-state index in [2.05, 4.69) is 70.7 Å². The van der Waals surface area contributed by atoms with Crippen LogP contribution in [0.4, 0.5) is 0 Å². The maximum atomic E-state index is 13.2. The molecular weight excluding hydrogens is 444 g/mol. The lowest BCUT2D eigenvalue weighted by Crippen LogP contribution is -2.25. The molecule has 4 nitrogen and oxygen atoms in total. The van der Waals surface area contributed by atoms with E-state index in [0.29, 0.717) is 13.0 Å². The van der Waals surface area contributed by atoms with Gasteiger partial charge in [-0.1, -0.05) is 97.1 Å². The Hall–Kier alpha value is -4.31. The number of ether oxygens (including phenoxy) is 1. The van der Waals surface area contributed by atoms with Crippen LogP contribution in [0, 0.1) is 0 Å². The van der Waals surface area contributed by atoms with Gasteiger partial charge in [0.15, 0.2) is 0 Å². The summed E-state index contributed by atoms with van der Waals surface area (Å²) in [4.78, 5) is 13.2. The normalized spacial score (nSPS) is 11.8. The van der Waals surface area contributed by atoms with Crippen LogP contribution in [0.1, 0.15) is 34.6 Å². The number of rotatable bonds is 9. The second-order valence-corrected chi connectivity index (χ2v) is 8.98. The van der Waals surface area contributed by atoms with Crippen LogP contribution in [0.15, 0.2) is 115 Å². The van der Waals surface area contributed by atoms with Crippen molar-refractivity contribution in [2.24, 2.45) is 0 Å². The Balaban J connectivity index is 1.52. The average molecular weight is 475 g/mol. The largest absolute Gasteiger partial charge is 0.496 e. The molecule has 1 aromatic heterocycles. The van der Waals surface area contributed by atoms with Crippen molar-refractivity contribution >= 4 is 16.8 Å². The highest BCUT2D eigenvalue weighted by atomic mass is 16.5. The Morgan fingerprint density at radius 3 is 2.17 bits per heavy atom. The summed E-state index contributed by atoms with van der Waals surface area (Å²) in [5.41, 5.74) is 5.61. The van der Waals surface area contributed by atoms with Crippen molar-refractivity contribution in [3.05, 3.63) is 138 Å². The lowest BCUT2D eigenvalue weighted by molar-refractivity contribution is -0.121. The predicted molar refractivity (Wildman–Crippen MR) is 145 cm³/mol. The van der Waals surface area contributed by atoms with E-state index in [1.807, 2.05) is 54.6 Å². The maximum Gasteiger partial charge on any atom is 0.221 e. The number of hydrogen-bond acceptors (Lipinski definition) is 2. The van der Waals surface area contributed by atoms with E-state index in [9.17, 15) is 4.79 Å². The van der Waals surface area contributed by atoms with Gasteiger partial charge in [0.2, 0.25) is 5.91 Å². The van der Waals surface area contributed by atoms with Gasteiger partial charge in [-0.25, -0.2) is 0 Å². The van der Waals surface area contributed by atoms with Crippen molar-refractivity contribution in [3.8, 4) is 5.75 Å². The number of benzene rings is 4. The Kier molecular flexibility index (Phi) is 7.13. The fourth-order valence-electron chi connectivity index (χ4n) is 4.86. The first-order valence-electron chi connectivity index (χ1n) is 12.3. The van der Waals surface area contributed by atoms with Gasteiger partial charge in [-0.05, 0) is 28.8 Å². The molecule has 1 heterocycles. The van der Waals surface area contributed by atoms with Crippen molar-refractivity contribution in [3.63, 3.8) is 0 Å². The number of methoxy groups -OCH3 is 1. The number of fused-ring (bicyclic) bond motifs is 1. The van der Waals surface area contributed by atoms with Gasteiger partial charge in [0.05, 0.1) is 7.11 Å². The van der Waals surface area contributed by atoms with E-state index < -0.39 is 0 Å². The molecule has 1 N–H and O–H groups in total. The summed E-state index contributed by atoms with van der Waals surface area (Å²) in [5, 5.41) is 4.27. The summed E-state index contributed by atoms with van der Waals surface area (Å²) in [5.74, 6) is 0.645. The van der Waals surface area contributed by atoms with Crippen molar-refractivity contribution in [1.29, 1.82) is 0 Å². The van der Waals surface area contributed by atoms with Crippen molar-refractivity contribution in [1.82, 2.24) is 9.88 Å². The molecule has 5 aromatic rings. The molecule has 0 saturated carbocycles. The molecule has 36 heavy (non-hydrogen) atoms. The molecule has 1 atom stereocenters.